The van der Waals surface area contributed by atoms with Gasteiger partial charge in [-0.25, -0.2) is 0 Å². The second kappa shape index (κ2) is 8.11. The molecule has 6 rings (SSSR count). The van der Waals surface area contributed by atoms with Gasteiger partial charge in [-0.15, -0.1) is 0 Å². The molecule has 1 aliphatic carbocycles. The molecule has 7 heteroatoms. The minimum Gasteiger partial charge on any atom is -0.297 e. The summed E-state index contributed by atoms with van der Waals surface area (Å²) >= 11 is 13.0. The number of nitrogens with zero attached hydrogens (tertiary/aromatic N) is 2. The van der Waals surface area contributed by atoms with Crippen LogP contribution in [-0.2, 0) is 4.79 Å². The number of ketones is 3. The van der Waals surface area contributed by atoms with Gasteiger partial charge in [-0.2, -0.15) is 5.10 Å². The van der Waals surface area contributed by atoms with Crippen molar-refractivity contribution in [3.8, 4) is 0 Å². The van der Waals surface area contributed by atoms with Crippen molar-refractivity contribution < 1.29 is 14.4 Å². The quantitative estimate of drug-likeness (QED) is 0.353. The van der Waals surface area contributed by atoms with Crippen molar-refractivity contribution in [3.63, 3.8) is 0 Å². The first-order valence-electron chi connectivity index (χ1n) is 12.2. The molecule has 0 saturated carbocycles. The smallest absolute Gasteiger partial charge is 0.180 e. The predicted molar refractivity (Wildman–Crippen MR) is 144 cm³/mol. The van der Waals surface area contributed by atoms with Gasteiger partial charge < -0.3 is 0 Å². The molecule has 186 valence electrons. The molecular weight excluding hydrogens is 507 g/mol. The molecule has 3 aromatic rings. The number of Topliss-reactive ketones (excluding diaryl/α,β-unsaturated/α-hetero) is 3. The Balaban J connectivity index is 1.73. The number of fused-ring (bicyclic) bond motifs is 5. The van der Waals surface area contributed by atoms with Gasteiger partial charge in [0.05, 0.1) is 12.3 Å². The van der Waals surface area contributed by atoms with Crippen molar-refractivity contribution in [2.75, 3.05) is 0 Å². The molecule has 0 amide bonds. The van der Waals surface area contributed by atoms with Gasteiger partial charge in [0.1, 0.15) is 11.5 Å². The van der Waals surface area contributed by atoms with Crippen molar-refractivity contribution in [2.24, 2.45) is 15.9 Å². The largest absolute Gasteiger partial charge is 0.297 e. The van der Waals surface area contributed by atoms with Crippen LogP contribution in [0.2, 0.25) is 10.0 Å². The van der Waals surface area contributed by atoms with Crippen LogP contribution in [0.15, 0.2) is 71.8 Å². The lowest BCUT2D eigenvalue weighted by Gasteiger charge is -2.36. The maximum absolute atomic E-state index is 14.6. The van der Waals surface area contributed by atoms with E-state index in [1.54, 1.807) is 53.7 Å². The molecule has 0 bridgehead atoms. The average molecular weight is 531 g/mol. The fourth-order valence-corrected chi connectivity index (χ4v) is 6.84. The van der Waals surface area contributed by atoms with Crippen LogP contribution in [-0.4, -0.2) is 34.6 Å². The molecule has 3 atom stereocenters. The minimum atomic E-state index is -1.64. The molecule has 3 aromatic carbocycles. The third-order valence-corrected chi connectivity index (χ3v) is 8.44. The van der Waals surface area contributed by atoms with Crippen molar-refractivity contribution in [1.82, 2.24) is 5.01 Å². The van der Waals surface area contributed by atoms with Crippen LogP contribution in [0.3, 0.4) is 0 Å². The fraction of sp³-hybridized carbons (Fsp3) is 0.267. The lowest BCUT2D eigenvalue weighted by molar-refractivity contribution is -0.131. The Bertz CT molecular complexity index is 1500. The second-order valence-corrected chi connectivity index (χ2v) is 11.8. The fourth-order valence-electron chi connectivity index (χ4n) is 6.32. The highest BCUT2D eigenvalue weighted by atomic mass is 35.5. The van der Waals surface area contributed by atoms with Crippen LogP contribution in [0, 0.1) is 10.8 Å². The first kappa shape index (κ1) is 24.1. The van der Waals surface area contributed by atoms with Gasteiger partial charge in [-0.1, -0.05) is 98.6 Å². The van der Waals surface area contributed by atoms with Gasteiger partial charge in [0.15, 0.2) is 17.3 Å². The monoisotopic (exact) mass is 530 g/mol. The van der Waals surface area contributed by atoms with E-state index in [1.807, 2.05) is 45.0 Å². The number of hydrazone groups is 1. The van der Waals surface area contributed by atoms with E-state index in [9.17, 15) is 14.4 Å². The number of benzene rings is 3. The topological polar surface area (TPSA) is 66.8 Å². The van der Waals surface area contributed by atoms with E-state index < -0.39 is 28.8 Å². The van der Waals surface area contributed by atoms with E-state index in [0.29, 0.717) is 26.7 Å². The molecule has 3 aliphatic rings. The Hall–Kier alpha value is -3.28. The SMILES string of the molecule is CC(C)(C)C(=O)[C@H]1[C@H](c2ccc(Cl)cc2Cl)C2(C(=O)c3ccccc3C2=O)[C@@H]2c3ccccc3C=NN21. The standard InChI is InChI=1S/C30H24Cl2N2O3/c1-29(2,3)28(37)24-23(21-13-12-17(31)14-22(21)32)30(26(35)19-10-6-7-11-20(19)27(30)36)25-18-9-5-4-8-16(18)15-33-34(24)25/h4-15,23-25H,1-3H3/t23-,24+,25-/m0/s1. The number of carbonyl (C=O) groups is 3. The van der Waals surface area contributed by atoms with Gasteiger partial charge >= 0.3 is 0 Å². The summed E-state index contributed by atoms with van der Waals surface area (Å²) in [7, 11) is 0. The summed E-state index contributed by atoms with van der Waals surface area (Å²) < 4.78 is 0. The first-order chi connectivity index (χ1) is 17.6. The number of halogens is 2. The summed E-state index contributed by atoms with van der Waals surface area (Å²) in [5.74, 6) is -1.63. The minimum absolute atomic E-state index is 0.126. The second-order valence-electron chi connectivity index (χ2n) is 10.9. The Labute approximate surface area is 225 Å². The maximum atomic E-state index is 14.6. The third kappa shape index (κ3) is 3.17. The van der Waals surface area contributed by atoms with E-state index >= 15 is 0 Å². The first-order valence-corrected chi connectivity index (χ1v) is 12.9. The maximum Gasteiger partial charge on any atom is 0.180 e. The summed E-state index contributed by atoms with van der Waals surface area (Å²) in [6.45, 7) is 5.51. The average Bonchev–Trinajstić information content (AvgIpc) is 3.29. The summed E-state index contributed by atoms with van der Waals surface area (Å²) in [6, 6.07) is 17.8. The van der Waals surface area contributed by atoms with Crippen LogP contribution >= 0.6 is 23.2 Å². The number of rotatable bonds is 2. The van der Waals surface area contributed by atoms with Gasteiger partial charge in [0, 0.05) is 32.5 Å². The molecule has 0 unspecified atom stereocenters. The molecule has 0 aromatic heterocycles. The summed E-state index contributed by atoms with van der Waals surface area (Å²) in [5, 5.41) is 7.15. The Kier molecular flexibility index (Phi) is 5.28. The Morgan fingerprint density at radius 1 is 0.892 bits per heavy atom. The van der Waals surface area contributed by atoms with Crippen molar-refractivity contribution in [1.29, 1.82) is 0 Å². The van der Waals surface area contributed by atoms with Crippen LogP contribution < -0.4 is 0 Å². The van der Waals surface area contributed by atoms with Crippen LogP contribution in [0.1, 0.15) is 70.1 Å². The van der Waals surface area contributed by atoms with Crippen molar-refractivity contribution in [2.45, 2.75) is 38.8 Å². The number of hydrogen-bond acceptors (Lipinski definition) is 5. The van der Waals surface area contributed by atoms with Crippen molar-refractivity contribution in [3.05, 3.63) is 105 Å². The number of hydrogen-bond donors (Lipinski definition) is 0. The summed E-state index contributed by atoms with van der Waals surface area (Å²) in [5.41, 5.74) is 0.431. The molecule has 5 nitrogen and oxygen atoms in total. The molecule has 1 spiro atoms. The highest BCUT2D eigenvalue weighted by molar-refractivity contribution is 6.36. The van der Waals surface area contributed by atoms with Crippen LogP contribution in [0.5, 0.6) is 0 Å². The van der Waals surface area contributed by atoms with E-state index in [2.05, 4.69) is 0 Å². The third-order valence-electron chi connectivity index (χ3n) is 7.88. The van der Waals surface area contributed by atoms with Crippen LogP contribution in [0.4, 0.5) is 0 Å². The van der Waals surface area contributed by atoms with Gasteiger partial charge in [-0.05, 0) is 28.8 Å². The van der Waals surface area contributed by atoms with Gasteiger partial charge in [-0.3, -0.25) is 19.4 Å². The van der Waals surface area contributed by atoms with Crippen LogP contribution in [0.25, 0.3) is 0 Å². The zero-order valence-corrected chi connectivity index (χ0v) is 22.0. The van der Waals surface area contributed by atoms with E-state index in [4.69, 9.17) is 28.3 Å². The molecule has 2 aliphatic heterocycles. The van der Waals surface area contributed by atoms with Crippen molar-refractivity contribution >= 4 is 46.8 Å². The molecule has 1 saturated heterocycles. The molecule has 2 heterocycles. The molecule has 0 radical (unpaired) electrons. The van der Waals surface area contributed by atoms with Gasteiger partial charge in [0.2, 0.25) is 0 Å². The zero-order valence-electron chi connectivity index (χ0n) is 20.5. The van der Waals surface area contributed by atoms with E-state index in [0.717, 1.165) is 11.1 Å². The summed E-state index contributed by atoms with van der Waals surface area (Å²) in [4.78, 5) is 43.4. The summed E-state index contributed by atoms with van der Waals surface area (Å²) in [6.07, 6.45) is 1.70. The normalized spacial score (nSPS) is 23.3. The predicted octanol–water partition coefficient (Wildman–Crippen LogP) is 6.53. The lowest BCUT2D eigenvalue weighted by atomic mass is 9.62. The van der Waals surface area contributed by atoms with Gasteiger partial charge in [0.25, 0.3) is 0 Å². The Morgan fingerprint density at radius 2 is 1.51 bits per heavy atom. The lowest BCUT2D eigenvalue weighted by Crippen LogP contribution is -2.45. The molecular formula is C30H24Cl2N2O3. The zero-order chi connectivity index (χ0) is 26.3. The highest BCUT2D eigenvalue weighted by Gasteiger charge is 2.73. The molecule has 0 N–H and O–H groups in total. The van der Waals surface area contributed by atoms with E-state index in [-0.39, 0.29) is 17.3 Å². The number of carbonyl (C=O) groups excluding carboxylic acids is 3. The molecule has 1 fully saturated rings. The van der Waals surface area contributed by atoms with E-state index in [1.165, 1.54) is 0 Å². The highest BCUT2D eigenvalue weighted by Crippen LogP contribution is 2.65. The molecule has 37 heavy (non-hydrogen) atoms. The Morgan fingerprint density at radius 3 is 2.14 bits per heavy atom.